The number of benzene rings is 1. The predicted octanol–water partition coefficient (Wildman–Crippen LogP) is 2.68. The number of hydrogen-bond donors (Lipinski definition) is 1. The first-order valence-corrected chi connectivity index (χ1v) is 8.11. The minimum Gasteiger partial charge on any atom is -0.365 e. The number of amides is 1. The van der Waals surface area contributed by atoms with Crippen molar-refractivity contribution in [2.24, 2.45) is 5.73 Å². The number of primary amides is 1. The number of carbonyl (C=O) groups excluding carboxylic acids is 1. The van der Waals surface area contributed by atoms with Crippen molar-refractivity contribution in [3.63, 3.8) is 0 Å². The van der Waals surface area contributed by atoms with Crippen LogP contribution in [0.1, 0.15) is 20.8 Å². The summed E-state index contributed by atoms with van der Waals surface area (Å²) >= 11 is 4.54. The summed E-state index contributed by atoms with van der Waals surface area (Å²) in [5.41, 5.74) is 6.78. The Morgan fingerprint density at radius 1 is 1.36 bits per heavy atom. The zero-order valence-electron chi connectivity index (χ0n) is 11.7. The molecule has 22 heavy (non-hydrogen) atoms. The number of aryl methyl sites for hydroxylation is 1. The molecule has 0 spiro atoms. The molecule has 0 atom stereocenters. The van der Waals surface area contributed by atoms with E-state index in [1.807, 2.05) is 24.3 Å². The number of fused-ring (bicyclic) bond motifs is 1. The van der Waals surface area contributed by atoms with Crippen molar-refractivity contribution in [1.82, 2.24) is 9.55 Å². The number of thiophene rings is 1. The van der Waals surface area contributed by atoms with Crippen LogP contribution in [0.5, 0.6) is 0 Å². The van der Waals surface area contributed by atoms with Crippen molar-refractivity contribution in [2.45, 2.75) is 13.5 Å². The van der Waals surface area contributed by atoms with E-state index < -0.39 is 5.91 Å². The van der Waals surface area contributed by atoms with Crippen LogP contribution in [0.25, 0.3) is 10.2 Å². The van der Waals surface area contributed by atoms with Crippen LogP contribution in [0.2, 0.25) is 0 Å². The second-order valence-corrected chi connectivity index (χ2v) is 6.82. The lowest BCUT2D eigenvalue weighted by Gasteiger charge is -2.06. The molecule has 112 valence electrons. The number of nitrogens with two attached hydrogens (primary N) is 1. The fourth-order valence-corrected chi connectivity index (χ4v) is 3.55. The van der Waals surface area contributed by atoms with E-state index in [1.54, 1.807) is 6.92 Å². The molecule has 2 heterocycles. The standard InChI is InChI=1S/C15H12BrN3O2S/c1-8-11-14(22-12(8)13(17)20)18-7-19(15(11)21)6-9-2-4-10(16)5-3-9/h2-5,7H,6H2,1H3,(H2,17,20). The van der Waals surface area contributed by atoms with Gasteiger partial charge in [-0.2, -0.15) is 0 Å². The molecule has 2 N–H and O–H groups in total. The average molecular weight is 378 g/mol. The number of carbonyl (C=O) groups is 1. The maximum Gasteiger partial charge on any atom is 0.262 e. The van der Waals surface area contributed by atoms with Gasteiger partial charge in [-0.05, 0) is 30.2 Å². The van der Waals surface area contributed by atoms with Crippen LogP contribution >= 0.6 is 27.3 Å². The smallest absolute Gasteiger partial charge is 0.262 e. The van der Waals surface area contributed by atoms with E-state index in [2.05, 4.69) is 20.9 Å². The minimum absolute atomic E-state index is 0.158. The summed E-state index contributed by atoms with van der Waals surface area (Å²) in [5.74, 6) is -0.528. The van der Waals surface area contributed by atoms with Gasteiger partial charge in [0, 0.05) is 4.47 Å². The highest BCUT2D eigenvalue weighted by atomic mass is 79.9. The van der Waals surface area contributed by atoms with Crippen molar-refractivity contribution >= 4 is 43.4 Å². The van der Waals surface area contributed by atoms with Crippen LogP contribution in [0, 0.1) is 6.92 Å². The molecule has 3 rings (SSSR count). The molecule has 1 amide bonds. The first kappa shape index (κ1) is 14.9. The Morgan fingerprint density at radius 2 is 2.05 bits per heavy atom. The monoisotopic (exact) mass is 377 g/mol. The maximum absolute atomic E-state index is 12.6. The predicted molar refractivity (Wildman–Crippen MR) is 90.4 cm³/mol. The lowest BCUT2D eigenvalue weighted by atomic mass is 10.2. The Hall–Kier alpha value is -1.99. The molecule has 2 aromatic heterocycles. The topological polar surface area (TPSA) is 78.0 Å². The van der Waals surface area contributed by atoms with Crippen molar-refractivity contribution in [2.75, 3.05) is 0 Å². The van der Waals surface area contributed by atoms with Gasteiger partial charge in [-0.15, -0.1) is 11.3 Å². The van der Waals surface area contributed by atoms with E-state index in [0.29, 0.717) is 27.2 Å². The van der Waals surface area contributed by atoms with Gasteiger partial charge in [-0.25, -0.2) is 4.98 Å². The summed E-state index contributed by atoms with van der Waals surface area (Å²) in [7, 11) is 0. The summed E-state index contributed by atoms with van der Waals surface area (Å²) in [6.45, 7) is 2.15. The van der Waals surface area contributed by atoms with E-state index in [1.165, 1.54) is 10.9 Å². The molecule has 0 unspecified atom stereocenters. The number of hydrogen-bond acceptors (Lipinski definition) is 4. The molecule has 0 radical (unpaired) electrons. The maximum atomic E-state index is 12.6. The fraction of sp³-hybridized carbons (Fsp3) is 0.133. The third-order valence-corrected chi connectivity index (χ3v) is 5.15. The Bertz CT molecular complexity index is 928. The molecular weight excluding hydrogens is 366 g/mol. The average Bonchev–Trinajstić information content (AvgIpc) is 2.82. The molecule has 7 heteroatoms. The number of nitrogens with zero attached hydrogens (tertiary/aromatic N) is 2. The van der Waals surface area contributed by atoms with Crippen LogP contribution in [0.3, 0.4) is 0 Å². The molecule has 0 aliphatic rings. The van der Waals surface area contributed by atoms with Gasteiger partial charge in [0.2, 0.25) is 0 Å². The number of halogens is 1. The van der Waals surface area contributed by atoms with Crippen LogP contribution in [0.15, 0.2) is 39.9 Å². The second kappa shape index (κ2) is 5.66. The van der Waals surface area contributed by atoms with E-state index in [4.69, 9.17) is 5.73 Å². The molecule has 0 saturated heterocycles. The second-order valence-electron chi connectivity index (χ2n) is 4.90. The molecular formula is C15H12BrN3O2S. The van der Waals surface area contributed by atoms with E-state index in [-0.39, 0.29) is 5.56 Å². The van der Waals surface area contributed by atoms with E-state index in [9.17, 15) is 9.59 Å². The summed E-state index contributed by atoms with van der Waals surface area (Å²) < 4.78 is 2.52. The van der Waals surface area contributed by atoms with Crippen molar-refractivity contribution < 1.29 is 4.79 Å². The molecule has 0 aliphatic heterocycles. The summed E-state index contributed by atoms with van der Waals surface area (Å²) in [6.07, 6.45) is 1.51. The SMILES string of the molecule is Cc1c(C(N)=O)sc2ncn(Cc3ccc(Br)cc3)c(=O)c12. The highest BCUT2D eigenvalue weighted by Crippen LogP contribution is 2.26. The van der Waals surface area contributed by atoms with E-state index >= 15 is 0 Å². The van der Waals surface area contributed by atoms with Gasteiger partial charge < -0.3 is 5.73 Å². The van der Waals surface area contributed by atoms with Gasteiger partial charge in [0.1, 0.15) is 4.83 Å². The molecule has 1 aromatic carbocycles. The number of rotatable bonds is 3. The van der Waals surface area contributed by atoms with Crippen molar-refractivity contribution in [1.29, 1.82) is 0 Å². The minimum atomic E-state index is -0.528. The molecule has 3 aromatic rings. The normalized spacial score (nSPS) is 11.0. The molecule has 0 bridgehead atoms. The lowest BCUT2D eigenvalue weighted by molar-refractivity contribution is 0.100. The zero-order valence-corrected chi connectivity index (χ0v) is 14.1. The first-order chi connectivity index (χ1) is 10.5. The molecule has 5 nitrogen and oxygen atoms in total. The molecule has 0 saturated carbocycles. The van der Waals surface area contributed by atoms with Gasteiger partial charge in [-0.3, -0.25) is 14.2 Å². The molecule has 0 aliphatic carbocycles. The van der Waals surface area contributed by atoms with Crippen molar-refractivity contribution in [3.8, 4) is 0 Å². The van der Waals surface area contributed by atoms with Gasteiger partial charge in [-0.1, -0.05) is 28.1 Å². The largest absolute Gasteiger partial charge is 0.365 e. The lowest BCUT2D eigenvalue weighted by Crippen LogP contribution is -2.21. The van der Waals surface area contributed by atoms with Crippen LogP contribution < -0.4 is 11.3 Å². The quantitative estimate of drug-likeness (QED) is 0.761. The highest BCUT2D eigenvalue weighted by molar-refractivity contribution is 9.10. The number of aromatic nitrogens is 2. The van der Waals surface area contributed by atoms with Crippen molar-refractivity contribution in [3.05, 3.63) is 61.4 Å². The first-order valence-electron chi connectivity index (χ1n) is 6.50. The van der Waals surface area contributed by atoms with Crippen LogP contribution in [0.4, 0.5) is 0 Å². The fourth-order valence-electron chi connectivity index (χ4n) is 2.29. The third-order valence-electron chi connectivity index (χ3n) is 3.41. The highest BCUT2D eigenvalue weighted by Gasteiger charge is 2.17. The van der Waals surface area contributed by atoms with Crippen LogP contribution in [-0.4, -0.2) is 15.5 Å². The van der Waals surface area contributed by atoms with Gasteiger partial charge in [0.05, 0.1) is 23.1 Å². The van der Waals surface area contributed by atoms with Gasteiger partial charge in [0.25, 0.3) is 11.5 Å². The summed E-state index contributed by atoms with van der Waals surface area (Å²) in [4.78, 5) is 29.2. The summed E-state index contributed by atoms with van der Waals surface area (Å²) in [5, 5.41) is 0.471. The third kappa shape index (κ3) is 2.57. The summed E-state index contributed by atoms with van der Waals surface area (Å²) in [6, 6.07) is 7.73. The Balaban J connectivity index is 2.10. The van der Waals surface area contributed by atoms with Gasteiger partial charge >= 0.3 is 0 Å². The van der Waals surface area contributed by atoms with E-state index in [0.717, 1.165) is 21.4 Å². The molecule has 0 fully saturated rings. The Morgan fingerprint density at radius 3 is 2.68 bits per heavy atom. The zero-order chi connectivity index (χ0) is 15.9. The van der Waals surface area contributed by atoms with Gasteiger partial charge in [0.15, 0.2) is 0 Å². The van der Waals surface area contributed by atoms with Crippen LogP contribution in [-0.2, 0) is 6.54 Å². The Kier molecular flexibility index (Phi) is 3.84. The Labute approximate surface area is 138 Å².